The van der Waals surface area contributed by atoms with Crippen molar-refractivity contribution in [3.8, 4) is 0 Å². The van der Waals surface area contributed by atoms with Crippen LogP contribution in [0.3, 0.4) is 0 Å². The van der Waals surface area contributed by atoms with E-state index in [2.05, 4.69) is 5.32 Å². The molecule has 0 aromatic heterocycles. The van der Waals surface area contributed by atoms with Gasteiger partial charge in [-0.05, 0) is 31.2 Å². The van der Waals surface area contributed by atoms with E-state index in [1.165, 1.54) is 29.2 Å². The lowest BCUT2D eigenvalue weighted by atomic mass is 10.2. The molecule has 3 N–H and O–H groups in total. The fourth-order valence-corrected chi connectivity index (χ4v) is 3.70. The molecule has 1 unspecified atom stereocenters. The second kappa shape index (κ2) is 7.29. The van der Waals surface area contributed by atoms with Crippen molar-refractivity contribution < 1.29 is 18.0 Å². The third kappa shape index (κ3) is 3.74. The summed E-state index contributed by atoms with van der Waals surface area (Å²) in [6, 6.07) is 5.59. The molecule has 8 nitrogen and oxygen atoms in total. The minimum atomic E-state index is -3.75. The monoisotopic (exact) mass is 354 g/mol. The maximum atomic E-state index is 12.5. The van der Waals surface area contributed by atoms with Gasteiger partial charge in [0.05, 0.1) is 11.4 Å². The zero-order chi connectivity index (χ0) is 17.9. The molecule has 0 spiro atoms. The Morgan fingerprint density at radius 2 is 2.00 bits per heavy atom. The fraction of sp³-hybridized carbons (Fsp3) is 0.467. The molecule has 0 saturated carbocycles. The molecule has 132 valence electrons. The summed E-state index contributed by atoms with van der Waals surface area (Å²) in [4.78, 5) is 25.3. The van der Waals surface area contributed by atoms with Gasteiger partial charge in [-0.1, -0.05) is 0 Å². The zero-order valence-corrected chi connectivity index (χ0v) is 14.5. The normalized spacial score (nSPS) is 17.2. The van der Waals surface area contributed by atoms with E-state index in [4.69, 9.17) is 5.73 Å². The third-order valence-corrected chi connectivity index (χ3v) is 5.92. The van der Waals surface area contributed by atoms with Crippen LogP contribution in [-0.4, -0.2) is 68.7 Å². The number of hydrogen-bond donors (Lipinski definition) is 2. The Kier molecular flexibility index (Phi) is 5.58. The molecule has 2 rings (SSSR count). The Morgan fingerprint density at radius 1 is 1.38 bits per heavy atom. The Labute approximate surface area is 141 Å². The lowest BCUT2D eigenvalue weighted by Gasteiger charge is -2.26. The Balaban J connectivity index is 2.19. The molecule has 1 atom stereocenters. The number of sulfonamides is 1. The van der Waals surface area contributed by atoms with Crippen molar-refractivity contribution in [2.75, 3.05) is 33.2 Å². The lowest BCUT2D eigenvalue weighted by Crippen LogP contribution is -2.49. The Bertz CT molecular complexity index is 717. The molecular weight excluding hydrogens is 332 g/mol. The average Bonchev–Trinajstić information content (AvgIpc) is 2.59. The number of likely N-dealkylation sites (N-methyl/N-ethyl adjacent to an activating group) is 1. The molecule has 0 bridgehead atoms. The van der Waals surface area contributed by atoms with Crippen LogP contribution in [0.25, 0.3) is 0 Å². The number of nitrogens with one attached hydrogen (secondary N) is 1. The number of carbonyl (C=O) groups is 2. The minimum Gasteiger partial charge on any atom is -0.354 e. The van der Waals surface area contributed by atoms with Crippen LogP contribution in [0.2, 0.25) is 0 Å². The smallest absolute Gasteiger partial charge is 0.253 e. The van der Waals surface area contributed by atoms with Crippen LogP contribution in [-0.2, 0) is 14.8 Å². The molecule has 1 aliphatic heterocycles. The second-order valence-corrected chi connectivity index (χ2v) is 7.65. The molecule has 1 fully saturated rings. The number of piperazine rings is 1. The number of amides is 2. The van der Waals surface area contributed by atoms with E-state index < -0.39 is 10.0 Å². The third-order valence-electron chi connectivity index (χ3n) is 4.06. The molecular formula is C15H22N4O4S. The van der Waals surface area contributed by atoms with E-state index in [0.29, 0.717) is 12.1 Å². The number of benzene rings is 1. The van der Waals surface area contributed by atoms with Crippen molar-refractivity contribution in [3.63, 3.8) is 0 Å². The van der Waals surface area contributed by atoms with Gasteiger partial charge in [-0.15, -0.1) is 0 Å². The summed E-state index contributed by atoms with van der Waals surface area (Å²) < 4.78 is 26.2. The van der Waals surface area contributed by atoms with Crippen molar-refractivity contribution in [3.05, 3.63) is 29.8 Å². The van der Waals surface area contributed by atoms with Gasteiger partial charge in [-0.3, -0.25) is 9.59 Å². The molecule has 1 saturated heterocycles. The van der Waals surface area contributed by atoms with Crippen LogP contribution in [0.1, 0.15) is 17.3 Å². The molecule has 2 amide bonds. The summed E-state index contributed by atoms with van der Waals surface area (Å²) in [6.45, 7) is 2.49. The molecule has 1 aromatic carbocycles. The predicted molar refractivity (Wildman–Crippen MR) is 88.8 cm³/mol. The molecule has 9 heteroatoms. The number of rotatable bonds is 5. The van der Waals surface area contributed by atoms with Gasteiger partial charge in [0.25, 0.3) is 5.91 Å². The Morgan fingerprint density at radius 3 is 2.54 bits per heavy atom. The van der Waals surface area contributed by atoms with E-state index in [1.54, 1.807) is 7.05 Å². The maximum absolute atomic E-state index is 12.5. The first-order chi connectivity index (χ1) is 11.3. The fourth-order valence-electron chi connectivity index (χ4n) is 2.30. The number of nitrogens with two attached hydrogens (primary N) is 1. The number of carbonyl (C=O) groups excluding carboxylic acids is 2. The molecule has 1 aromatic rings. The van der Waals surface area contributed by atoms with Crippen LogP contribution in [0, 0.1) is 0 Å². The molecule has 0 aliphatic carbocycles. The second-order valence-electron chi connectivity index (χ2n) is 5.71. The van der Waals surface area contributed by atoms with Gasteiger partial charge in [0.2, 0.25) is 15.9 Å². The Hall–Kier alpha value is -1.97. The van der Waals surface area contributed by atoms with Crippen molar-refractivity contribution in [1.29, 1.82) is 0 Å². The number of nitrogens with zero attached hydrogens (tertiary/aromatic N) is 2. The molecule has 24 heavy (non-hydrogen) atoms. The zero-order valence-electron chi connectivity index (χ0n) is 13.7. The topological polar surface area (TPSA) is 113 Å². The summed E-state index contributed by atoms with van der Waals surface area (Å²) in [5.41, 5.74) is 5.94. The minimum absolute atomic E-state index is 0.0586. The SMILES string of the molecule is CC(CN)N(C)C(=O)c1ccc(S(=O)(=O)N2CCNC(=O)C2)cc1. The maximum Gasteiger partial charge on any atom is 0.253 e. The van der Waals surface area contributed by atoms with Gasteiger partial charge in [-0.25, -0.2) is 8.42 Å². The molecule has 0 radical (unpaired) electrons. The summed E-state index contributed by atoms with van der Waals surface area (Å²) in [5, 5.41) is 2.58. The highest BCUT2D eigenvalue weighted by molar-refractivity contribution is 7.89. The highest BCUT2D eigenvalue weighted by Crippen LogP contribution is 2.18. The molecule has 1 aliphatic rings. The van der Waals surface area contributed by atoms with Crippen LogP contribution < -0.4 is 11.1 Å². The largest absolute Gasteiger partial charge is 0.354 e. The van der Waals surface area contributed by atoms with Crippen molar-refractivity contribution in [2.45, 2.75) is 17.9 Å². The van der Waals surface area contributed by atoms with E-state index in [1.807, 2.05) is 6.92 Å². The van der Waals surface area contributed by atoms with Crippen molar-refractivity contribution in [2.24, 2.45) is 5.73 Å². The first-order valence-corrected chi connectivity index (χ1v) is 9.05. The van der Waals surface area contributed by atoms with Gasteiger partial charge in [-0.2, -0.15) is 4.31 Å². The van der Waals surface area contributed by atoms with Crippen LogP contribution >= 0.6 is 0 Å². The average molecular weight is 354 g/mol. The van der Waals surface area contributed by atoms with Crippen LogP contribution in [0.4, 0.5) is 0 Å². The summed E-state index contributed by atoms with van der Waals surface area (Å²) in [7, 11) is -2.10. The van der Waals surface area contributed by atoms with E-state index in [0.717, 1.165) is 4.31 Å². The van der Waals surface area contributed by atoms with Gasteiger partial charge in [0.15, 0.2) is 0 Å². The van der Waals surface area contributed by atoms with Crippen LogP contribution in [0.5, 0.6) is 0 Å². The van der Waals surface area contributed by atoms with E-state index >= 15 is 0 Å². The standard InChI is InChI=1S/C15H22N4O4S/c1-11(9-16)18(2)15(21)12-3-5-13(6-4-12)24(22,23)19-8-7-17-14(20)10-19/h3-6,11H,7-10,16H2,1-2H3,(H,17,20). The van der Waals surface area contributed by atoms with Crippen LogP contribution in [0.15, 0.2) is 29.2 Å². The summed E-state index contributed by atoms with van der Waals surface area (Å²) >= 11 is 0. The van der Waals surface area contributed by atoms with Gasteiger partial charge < -0.3 is 16.0 Å². The lowest BCUT2D eigenvalue weighted by molar-refractivity contribution is -0.122. The van der Waals surface area contributed by atoms with Gasteiger partial charge in [0.1, 0.15) is 0 Å². The highest BCUT2D eigenvalue weighted by atomic mass is 32.2. The first-order valence-electron chi connectivity index (χ1n) is 7.61. The molecule has 1 heterocycles. The van der Waals surface area contributed by atoms with Crippen molar-refractivity contribution >= 4 is 21.8 Å². The summed E-state index contributed by atoms with van der Waals surface area (Å²) in [6.07, 6.45) is 0. The van der Waals surface area contributed by atoms with Crippen molar-refractivity contribution in [1.82, 2.24) is 14.5 Å². The highest BCUT2D eigenvalue weighted by Gasteiger charge is 2.29. The van der Waals surface area contributed by atoms with Gasteiger partial charge >= 0.3 is 0 Å². The quantitative estimate of drug-likeness (QED) is 0.721. The van der Waals surface area contributed by atoms with Gasteiger partial charge in [0, 0.05) is 38.3 Å². The predicted octanol–water partition coefficient (Wildman–Crippen LogP) is -0.774. The number of hydrogen-bond acceptors (Lipinski definition) is 5. The van der Waals surface area contributed by atoms with E-state index in [9.17, 15) is 18.0 Å². The summed E-state index contributed by atoms with van der Waals surface area (Å²) in [5.74, 6) is -0.553. The first kappa shape index (κ1) is 18.4. The van der Waals surface area contributed by atoms with E-state index in [-0.39, 0.29) is 42.4 Å².